The van der Waals surface area contributed by atoms with E-state index in [0.29, 0.717) is 6.54 Å². The van der Waals surface area contributed by atoms with Crippen LogP contribution in [0.3, 0.4) is 0 Å². The van der Waals surface area contributed by atoms with Crippen LogP contribution in [0.2, 0.25) is 0 Å². The van der Waals surface area contributed by atoms with E-state index in [9.17, 15) is 10.2 Å². The second-order valence-electron chi connectivity index (χ2n) is 6.49. The highest BCUT2D eigenvalue weighted by Crippen LogP contribution is 2.38. The van der Waals surface area contributed by atoms with Gasteiger partial charge in [-0.05, 0) is 47.5 Å². The first-order valence-electron chi connectivity index (χ1n) is 7.53. The molecule has 0 aromatic carbocycles. The summed E-state index contributed by atoms with van der Waals surface area (Å²) in [5.41, 5.74) is 0. The molecule has 7 heteroatoms. The molecule has 2 aliphatic rings. The SMILES string of the molecule is CN(C)CCCNC[C@@H](O)[C@H]1O[C@@H]2OC(C)(C)O[C@@H]2[C@H]1O. The number of hydrogen-bond donors (Lipinski definition) is 3. The number of hydrogen-bond acceptors (Lipinski definition) is 7. The molecule has 0 aromatic heterocycles. The van der Waals surface area contributed by atoms with Crippen LogP contribution in [-0.2, 0) is 14.2 Å². The highest BCUT2D eigenvalue weighted by molar-refractivity contribution is 4.96. The average molecular weight is 304 g/mol. The van der Waals surface area contributed by atoms with Crippen molar-refractivity contribution in [3.63, 3.8) is 0 Å². The number of aliphatic hydroxyl groups excluding tert-OH is 2. The fraction of sp³-hybridized carbons (Fsp3) is 1.00. The lowest BCUT2D eigenvalue weighted by atomic mass is 10.1. The second kappa shape index (κ2) is 6.87. The molecule has 0 spiro atoms. The summed E-state index contributed by atoms with van der Waals surface area (Å²) in [4.78, 5) is 2.11. The van der Waals surface area contributed by atoms with E-state index < -0.39 is 36.5 Å². The number of fused-ring (bicyclic) bond motifs is 1. The first-order chi connectivity index (χ1) is 9.80. The molecule has 3 N–H and O–H groups in total. The Morgan fingerprint density at radius 2 is 2.00 bits per heavy atom. The maximum Gasteiger partial charge on any atom is 0.190 e. The minimum Gasteiger partial charge on any atom is -0.389 e. The summed E-state index contributed by atoms with van der Waals surface area (Å²) in [6, 6.07) is 0. The largest absolute Gasteiger partial charge is 0.389 e. The standard InChI is InChI=1S/C14H28N2O5/c1-14(2)20-12-10(18)11(19-13(12)21-14)9(17)8-15-6-5-7-16(3)4/h9-13,15,17-18H,5-8H2,1-4H3/t9-,10+,11-,12-,13-/m1/s1. The number of nitrogens with one attached hydrogen (secondary N) is 1. The van der Waals surface area contributed by atoms with Crippen LogP contribution in [0.15, 0.2) is 0 Å². The average Bonchev–Trinajstić information content (AvgIpc) is 2.82. The lowest BCUT2D eigenvalue weighted by Gasteiger charge is -2.26. The highest BCUT2D eigenvalue weighted by Gasteiger charge is 2.55. The Labute approximate surface area is 126 Å². The normalized spacial score (nSPS) is 36.1. The molecule has 2 aliphatic heterocycles. The molecule has 2 heterocycles. The predicted octanol–water partition coefficient (Wildman–Crippen LogP) is -0.874. The van der Waals surface area contributed by atoms with E-state index in [1.807, 2.05) is 14.1 Å². The van der Waals surface area contributed by atoms with Gasteiger partial charge in [-0.2, -0.15) is 0 Å². The van der Waals surface area contributed by atoms with Crippen molar-refractivity contribution in [3.8, 4) is 0 Å². The van der Waals surface area contributed by atoms with Crippen LogP contribution < -0.4 is 5.32 Å². The van der Waals surface area contributed by atoms with Crippen molar-refractivity contribution in [2.75, 3.05) is 33.7 Å². The number of nitrogens with zero attached hydrogens (tertiary/aromatic N) is 1. The smallest absolute Gasteiger partial charge is 0.190 e. The van der Waals surface area contributed by atoms with Gasteiger partial charge in [-0.3, -0.25) is 0 Å². The first kappa shape index (κ1) is 17.1. The summed E-state index contributed by atoms with van der Waals surface area (Å²) in [6.45, 7) is 5.73. The minimum atomic E-state index is -0.879. The molecule has 0 aromatic rings. The van der Waals surface area contributed by atoms with E-state index in [4.69, 9.17) is 14.2 Å². The first-order valence-corrected chi connectivity index (χ1v) is 7.53. The van der Waals surface area contributed by atoms with Gasteiger partial charge in [0.15, 0.2) is 12.1 Å². The van der Waals surface area contributed by atoms with Crippen LogP contribution in [0.5, 0.6) is 0 Å². The Bertz CT molecular complexity index is 339. The third-order valence-electron chi connectivity index (χ3n) is 3.74. The van der Waals surface area contributed by atoms with Gasteiger partial charge in [-0.1, -0.05) is 0 Å². The van der Waals surface area contributed by atoms with E-state index in [1.165, 1.54) is 0 Å². The lowest BCUT2D eigenvalue weighted by Crippen LogP contribution is -2.45. The van der Waals surface area contributed by atoms with Crippen molar-refractivity contribution in [2.45, 2.75) is 56.8 Å². The zero-order valence-electron chi connectivity index (χ0n) is 13.3. The van der Waals surface area contributed by atoms with Gasteiger partial charge < -0.3 is 34.6 Å². The van der Waals surface area contributed by atoms with Crippen LogP contribution in [-0.4, -0.2) is 85.3 Å². The van der Waals surface area contributed by atoms with E-state index in [-0.39, 0.29) is 0 Å². The van der Waals surface area contributed by atoms with Crippen molar-refractivity contribution in [1.29, 1.82) is 0 Å². The van der Waals surface area contributed by atoms with Gasteiger partial charge in [-0.15, -0.1) is 0 Å². The van der Waals surface area contributed by atoms with Crippen molar-refractivity contribution >= 4 is 0 Å². The predicted molar refractivity (Wildman–Crippen MR) is 76.8 cm³/mol. The lowest BCUT2D eigenvalue weighted by molar-refractivity contribution is -0.225. The molecule has 2 rings (SSSR count). The molecule has 21 heavy (non-hydrogen) atoms. The Kier molecular flexibility index (Phi) is 5.59. The molecule has 124 valence electrons. The van der Waals surface area contributed by atoms with Crippen molar-refractivity contribution in [2.24, 2.45) is 0 Å². The van der Waals surface area contributed by atoms with E-state index in [1.54, 1.807) is 13.8 Å². The maximum absolute atomic E-state index is 10.2. The monoisotopic (exact) mass is 304 g/mol. The van der Waals surface area contributed by atoms with Gasteiger partial charge in [-0.25, -0.2) is 0 Å². The molecular formula is C14H28N2O5. The summed E-state index contributed by atoms with van der Waals surface area (Å²) < 4.78 is 16.7. The minimum absolute atomic E-state index is 0.373. The zero-order chi connectivity index (χ0) is 15.6. The maximum atomic E-state index is 10.2. The van der Waals surface area contributed by atoms with Gasteiger partial charge in [0.2, 0.25) is 0 Å². The fourth-order valence-electron chi connectivity index (χ4n) is 2.72. The Morgan fingerprint density at radius 3 is 2.62 bits per heavy atom. The number of rotatable bonds is 7. The summed E-state index contributed by atoms with van der Waals surface area (Å²) in [6.07, 6.45) is -2.50. The van der Waals surface area contributed by atoms with Gasteiger partial charge in [0.05, 0.1) is 6.10 Å². The van der Waals surface area contributed by atoms with Crippen molar-refractivity contribution in [1.82, 2.24) is 10.2 Å². The summed E-state index contributed by atoms with van der Waals surface area (Å²) in [7, 11) is 4.05. The van der Waals surface area contributed by atoms with E-state index in [0.717, 1.165) is 19.5 Å². The van der Waals surface area contributed by atoms with E-state index >= 15 is 0 Å². The van der Waals surface area contributed by atoms with Gasteiger partial charge in [0, 0.05) is 6.54 Å². The summed E-state index contributed by atoms with van der Waals surface area (Å²) in [5, 5.41) is 23.5. The molecule has 0 amide bonds. The molecule has 0 bridgehead atoms. The zero-order valence-corrected chi connectivity index (χ0v) is 13.3. The second-order valence-corrected chi connectivity index (χ2v) is 6.49. The quantitative estimate of drug-likeness (QED) is 0.527. The van der Waals surface area contributed by atoms with E-state index in [2.05, 4.69) is 10.2 Å². The topological polar surface area (TPSA) is 83.4 Å². The van der Waals surface area contributed by atoms with Crippen molar-refractivity contribution in [3.05, 3.63) is 0 Å². The molecule has 0 unspecified atom stereocenters. The number of aliphatic hydroxyl groups is 2. The highest BCUT2D eigenvalue weighted by atomic mass is 16.8. The van der Waals surface area contributed by atoms with Crippen LogP contribution in [0.1, 0.15) is 20.3 Å². The molecule has 0 saturated carbocycles. The molecule has 5 atom stereocenters. The van der Waals surface area contributed by atoms with Crippen LogP contribution in [0, 0.1) is 0 Å². The van der Waals surface area contributed by atoms with Crippen LogP contribution >= 0.6 is 0 Å². The van der Waals surface area contributed by atoms with Crippen molar-refractivity contribution < 1.29 is 24.4 Å². The molecule has 0 aliphatic carbocycles. The number of ether oxygens (including phenoxy) is 3. The third-order valence-corrected chi connectivity index (χ3v) is 3.74. The Morgan fingerprint density at radius 1 is 1.29 bits per heavy atom. The molecule has 2 saturated heterocycles. The van der Waals surface area contributed by atoms with Gasteiger partial charge in [0.25, 0.3) is 0 Å². The summed E-state index contributed by atoms with van der Waals surface area (Å²) >= 11 is 0. The molecule has 2 fully saturated rings. The summed E-state index contributed by atoms with van der Waals surface area (Å²) in [5.74, 6) is -0.753. The molecule has 7 nitrogen and oxygen atoms in total. The van der Waals surface area contributed by atoms with Crippen LogP contribution in [0.4, 0.5) is 0 Å². The van der Waals surface area contributed by atoms with Gasteiger partial charge in [0.1, 0.15) is 18.3 Å². The fourth-order valence-corrected chi connectivity index (χ4v) is 2.72. The Balaban J connectivity index is 1.71. The third kappa shape index (κ3) is 4.35. The van der Waals surface area contributed by atoms with Gasteiger partial charge >= 0.3 is 0 Å². The molecule has 0 radical (unpaired) electrons. The van der Waals surface area contributed by atoms with Crippen LogP contribution in [0.25, 0.3) is 0 Å². The molecular weight excluding hydrogens is 276 g/mol. The Hall–Kier alpha value is -0.280.